The van der Waals surface area contributed by atoms with Crippen molar-refractivity contribution in [3.63, 3.8) is 0 Å². The van der Waals surface area contributed by atoms with Crippen LogP contribution in [0.2, 0.25) is 0 Å². The molecule has 0 saturated heterocycles. The van der Waals surface area contributed by atoms with Crippen molar-refractivity contribution in [2.75, 3.05) is 11.1 Å². The Bertz CT molecular complexity index is 686. The highest BCUT2D eigenvalue weighted by molar-refractivity contribution is 6.06. The van der Waals surface area contributed by atoms with Crippen LogP contribution in [0.25, 0.3) is 0 Å². The van der Waals surface area contributed by atoms with Gasteiger partial charge in [-0.25, -0.2) is 4.39 Å². The molecule has 0 atom stereocenters. The van der Waals surface area contributed by atoms with Crippen molar-refractivity contribution in [3.05, 3.63) is 41.0 Å². The van der Waals surface area contributed by atoms with Gasteiger partial charge < -0.3 is 11.1 Å². The van der Waals surface area contributed by atoms with Gasteiger partial charge in [0, 0.05) is 0 Å². The van der Waals surface area contributed by atoms with E-state index in [2.05, 4.69) is 15.5 Å². The fourth-order valence-corrected chi connectivity index (χ4v) is 1.48. The highest BCUT2D eigenvalue weighted by Gasteiger charge is 2.16. The molecule has 0 aliphatic rings. The van der Waals surface area contributed by atoms with Crippen molar-refractivity contribution < 1.29 is 9.18 Å². The molecule has 0 aliphatic heterocycles. The SMILES string of the molecule is Cc1[nH]nc(C(=O)Nc2ccc(C#N)cc2F)c1N. The van der Waals surface area contributed by atoms with E-state index in [-0.39, 0.29) is 22.6 Å². The van der Waals surface area contributed by atoms with Crippen molar-refractivity contribution >= 4 is 17.3 Å². The number of nitriles is 1. The van der Waals surface area contributed by atoms with Crippen molar-refractivity contribution in [1.82, 2.24) is 10.2 Å². The number of amides is 1. The third-order valence-electron chi connectivity index (χ3n) is 2.56. The maximum atomic E-state index is 13.6. The van der Waals surface area contributed by atoms with Crippen LogP contribution < -0.4 is 11.1 Å². The summed E-state index contributed by atoms with van der Waals surface area (Å²) in [5, 5.41) is 17.3. The Balaban J connectivity index is 2.25. The first-order chi connectivity index (χ1) is 9.02. The predicted octanol–water partition coefficient (Wildman–Crippen LogP) is 1.56. The molecule has 96 valence electrons. The Morgan fingerprint density at radius 1 is 1.58 bits per heavy atom. The van der Waals surface area contributed by atoms with Crippen LogP contribution in [0.4, 0.5) is 15.8 Å². The fourth-order valence-electron chi connectivity index (χ4n) is 1.48. The molecule has 2 aromatic rings. The molecule has 1 aromatic heterocycles. The zero-order valence-corrected chi connectivity index (χ0v) is 9.99. The highest BCUT2D eigenvalue weighted by atomic mass is 19.1. The zero-order valence-electron chi connectivity index (χ0n) is 9.99. The molecule has 7 heteroatoms. The van der Waals surface area contributed by atoms with Gasteiger partial charge in [-0.1, -0.05) is 0 Å². The van der Waals surface area contributed by atoms with Crippen LogP contribution in [-0.2, 0) is 0 Å². The largest absolute Gasteiger partial charge is 0.395 e. The predicted molar refractivity (Wildman–Crippen MR) is 66.8 cm³/mol. The average molecular weight is 259 g/mol. The summed E-state index contributed by atoms with van der Waals surface area (Å²) in [5.41, 5.74) is 6.56. The van der Waals surface area contributed by atoms with Gasteiger partial charge in [0.05, 0.1) is 28.7 Å². The monoisotopic (exact) mass is 259 g/mol. The summed E-state index contributed by atoms with van der Waals surface area (Å²) in [6.07, 6.45) is 0. The lowest BCUT2D eigenvalue weighted by Crippen LogP contribution is -2.15. The summed E-state index contributed by atoms with van der Waals surface area (Å²) >= 11 is 0. The first kappa shape index (κ1) is 12.6. The van der Waals surface area contributed by atoms with E-state index in [0.29, 0.717) is 5.69 Å². The summed E-state index contributed by atoms with van der Waals surface area (Å²) < 4.78 is 13.6. The van der Waals surface area contributed by atoms with Gasteiger partial charge in [0.25, 0.3) is 5.91 Å². The minimum atomic E-state index is -0.696. The Morgan fingerprint density at radius 3 is 2.84 bits per heavy atom. The molecular weight excluding hydrogens is 249 g/mol. The van der Waals surface area contributed by atoms with Gasteiger partial charge in [-0.2, -0.15) is 10.4 Å². The number of hydrogen-bond acceptors (Lipinski definition) is 4. The van der Waals surface area contributed by atoms with Gasteiger partial charge in [0.1, 0.15) is 5.82 Å². The molecule has 1 amide bonds. The molecule has 2 rings (SSSR count). The molecule has 0 bridgehead atoms. The second-order valence-corrected chi connectivity index (χ2v) is 3.87. The van der Waals surface area contributed by atoms with Gasteiger partial charge in [-0.15, -0.1) is 0 Å². The van der Waals surface area contributed by atoms with Gasteiger partial charge in [-0.3, -0.25) is 9.89 Å². The Kier molecular flexibility index (Phi) is 3.16. The minimum absolute atomic E-state index is 0.00117. The van der Waals surface area contributed by atoms with Crippen LogP contribution in [0.5, 0.6) is 0 Å². The van der Waals surface area contributed by atoms with E-state index in [0.717, 1.165) is 6.07 Å². The molecule has 4 N–H and O–H groups in total. The lowest BCUT2D eigenvalue weighted by atomic mass is 10.2. The first-order valence-corrected chi connectivity index (χ1v) is 5.34. The third-order valence-corrected chi connectivity index (χ3v) is 2.56. The van der Waals surface area contributed by atoms with E-state index in [1.165, 1.54) is 12.1 Å². The number of benzene rings is 1. The summed E-state index contributed by atoms with van der Waals surface area (Å²) in [6.45, 7) is 1.67. The summed E-state index contributed by atoms with van der Waals surface area (Å²) in [5.74, 6) is -1.32. The maximum absolute atomic E-state index is 13.6. The Morgan fingerprint density at radius 2 is 2.32 bits per heavy atom. The molecule has 0 fully saturated rings. The number of rotatable bonds is 2. The molecule has 0 radical (unpaired) electrons. The van der Waals surface area contributed by atoms with Crippen LogP contribution in [0.15, 0.2) is 18.2 Å². The number of carbonyl (C=O) groups is 1. The second kappa shape index (κ2) is 4.78. The lowest BCUT2D eigenvalue weighted by molar-refractivity contribution is 0.102. The van der Waals surface area contributed by atoms with Crippen LogP contribution >= 0.6 is 0 Å². The third kappa shape index (κ3) is 2.37. The van der Waals surface area contributed by atoms with Crippen LogP contribution in [0.1, 0.15) is 21.7 Å². The number of aromatic nitrogens is 2. The van der Waals surface area contributed by atoms with Crippen molar-refractivity contribution in [1.29, 1.82) is 5.26 Å². The molecular formula is C12H10FN5O. The van der Waals surface area contributed by atoms with E-state index in [9.17, 15) is 9.18 Å². The topological polar surface area (TPSA) is 108 Å². The molecule has 0 unspecified atom stereocenters. The normalized spacial score (nSPS) is 9.95. The van der Waals surface area contributed by atoms with Gasteiger partial charge in [0.2, 0.25) is 0 Å². The molecule has 6 nitrogen and oxygen atoms in total. The minimum Gasteiger partial charge on any atom is -0.395 e. The van der Waals surface area contributed by atoms with E-state index in [1.54, 1.807) is 13.0 Å². The molecule has 1 heterocycles. The number of nitrogens with two attached hydrogens (primary N) is 1. The number of hydrogen-bond donors (Lipinski definition) is 3. The smallest absolute Gasteiger partial charge is 0.278 e. The van der Waals surface area contributed by atoms with Gasteiger partial charge >= 0.3 is 0 Å². The standard InChI is InChI=1S/C12H10FN5O/c1-6-10(15)11(18-17-6)12(19)16-9-3-2-7(5-14)4-8(9)13/h2-4H,15H2,1H3,(H,16,19)(H,17,18). The summed E-state index contributed by atoms with van der Waals surface area (Å²) in [4.78, 5) is 11.8. The Labute approximate surface area is 108 Å². The highest BCUT2D eigenvalue weighted by Crippen LogP contribution is 2.18. The number of nitrogens with zero attached hydrogens (tertiary/aromatic N) is 2. The van der Waals surface area contributed by atoms with Crippen LogP contribution in [0, 0.1) is 24.1 Å². The van der Waals surface area contributed by atoms with E-state index < -0.39 is 11.7 Å². The number of nitrogen functional groups attached to an aromatic ring is 1. The Hall–Kier alpha value is -2.88. The quantitative estimate of drug-likeness (QED) is 0.760. The van der Waals surface area contributed by atoms with E-state index in [1.807, 2.05) is 0 Å². The van der Waals surface area contributed by atoms with E-state index >= 15 is 0 Å². The molecule has 1 aromatic carbocycles. The van der Waals surface area contributed by atoms with Gasteiger partial charge in [-0.05, 0) is 25.1 Å². The second-order valence-electron chi connectivity index (χ2n) is 3.87. The maximum Gasteiger partial charge on any atom is 0.278 e. The molecule has 0 spiro atoms. The van der Waals surface area contributed by atoms with Crippen LogP contribution in [-0.4, -0.2) is 16.1 Å². The lowest BCUT2D eigenvalue weighted by Gasteiger charge is -2.05. The number of H-pyrrole nitrogens is 1. The fraction of sp³-hybridized carbons (Fsp3) is 0.0833. The van der Waals surface area contributed by atoms with Crippen LogP contribution in [0.3, 0.4) is 0 Å². The molecule has 19 heavy (non-hydrogen) atoms. The van der Waals surface area contributed by atoms with E-state index in [4.69, 9.17) is 11.0 Å². The van der Waals surface area contributed by atoms with Crippen molar-refractivity contribution in [3.8, 4) is 6.07 Å². The van der Waals surface area contributed by atoms with Crippen molar-refractivity contribution in [2.45, 2.75) is 6.92 Å². The number of anilines is 2. The van der Waals surface area contributed by atoms with Crippen molar-refractivity contribution in [2.24, 2.45) is 0 Å². The number of halogens is 1. The molecule has 0 aliphatic carbocycles. The summed E-state index contributed by atoms with van der Waals surface area (Å²) in [7, 11) is 0. The number of carbonyl (C=O) groups excluding carboxylic acids is 1. The number of nitrogens with one attached hydrogen (secondary N) is 2. The number of aryl methyl sites for hydroxylation is 1. The van der Waals surface area contributed by atoms with Gasteiger partial charge in [0.15, 0.2) is 5.69 Å². The zero-order chi connectivity index (χ0) is 14.0. The molecule has 0 saturated carbocycles. The first-order valence-electron chi connectivity index (χ1n) is 5.34. The average Bonchev–Trinajstić information content (AvgIpc) is 2.72. The summed E-state index contributed by atoms with van der Waals surface area (Å²) in [6, 6.07) is 5.55. The number of aromatic amines is 1.